The fourth-order valence-corrected chi connectivity index (χ4v) is 1.52. The first-order chi connectivity index (χ1) is 7.57. The van der Waals surface area contributed by atoms with Crippen LogP contribution in [0.5, 0.6) is 0 Å². The molecule has 0 aromatic carbocycles. The molecule has 1 rings (SSSR count). The predicted octanol–water partition coefficient (Wildman–Crippen LogP) is 2.09. The van der Waals surface area contributed by atoms with Crippen molar-refractivity contribution >= 4 is 11.5 Å². The van der Waals surface area contributed by atoms with E-state index in [0.717, 1.165) is 18.1 Å². The third-order valence-electron chi connectivity index (χ3n) is 2.34. The normalized spacial score (nSPS) is 11.2. The van der Waals surface area contributed by atoms with Gasteiger partial charge in [-0.25, -0.2) is 4.98 Å². The van der Waals surface area contributed by atoms with E-state index in [9.17, 15) is 0 Å². The zero-order valence-electron chi connectivity index (χ0n) is 10.2. The molecule has 0 spiro atoms. The first-order valence-corrected chi connectivity index (χ1v) is 5.66. The molecule has 0 fully saturated rings. The van der Waals surface area contributed by atoms with Crippen LogP contribution in [0.2, 0.25) is 0 Å². The van der Waals surface area contributed by atoms with Crippen molar-refractivity contribution in [3.05, 3.63) is 18.3 Å². The number of anilines is 2. The molecule has 0 amide bonds. The van der Waals surface area contributed by atoms with Crippen molar-refractivity contribution in [2.45, 2.75) is 32.7 Å². The first-order valence-electron chi connectivity index (χ1n) is 5.66. The number of pyridine rings is 1. The maximum Gasteiger partial charge on any atom is 0.127 e. The molecule has 0 bridgehead atoms. The van der Waals surface area contributed by atoms with Crippen LogP contribution < -0.4 is 10.6 Å². The van der Waals surface area contributed by atoms with Gasteiger partial charge in [0.05, 0.1) is 0 Å². The Labute approximate surface area is 97.1 Å². The lowest BCUT2D eigenvalue weighted by atomic mass is 10.0. The van der Waals surface area contributed by atoms with Crippen LogP contribution in [-0.4, -0.2) is 28.8 Å². The van der Waals surface area contributed by atoms with Gasteiger partial charge in [0.1, 0.15) is 5.82 Å². The van der Waals surface area contributed by atoms with Crippen molar-refractivity contribution in [1.29, 1.82) is 0 Å². The van der Waals surface area contributed by atoms with E-state index in [4.69, 9.17) is 5.11 Å². The van der Waals surface area contributed by atoms with Gasteiger partial charge >= 0.3 is 0 Å². The van der Waals surface area contributed by atoms with Crippen LogP contribution in [0.4, 0.5) is 11.5 Å². The first kappa shape index (κ1) is 12.8. The summed E-state index contributed by atoms with van der Waals surface area (Å²) >= 11 is 0. The van der Waals surface area contributed by atoms with Gasteiger partial charge in [-0.2, -0.15) is 0 Å². The van der Waals surface area contributed by atoms with Gasteiger partial charge in [0.2, 0.25) is 0 Å². The summed E-state index contributed by atoms with van der Waals surface area (Å²) in [6.07, 6.45) is 2.49. The highest BCUT2D eigenvalue weighted by Gasteiger charge is 2.16. The van der Waals surface area contributed by atoms with E-state index >= 15 is 0 Å². The van der Waals surface area contributed by atoms with Crippen LogP contribution in [0.3, 0.4) is 0 Å². The van der Waals surface area contributed by atoms with E-state index < -0.39 is 0 Å². The van der Waals surface area contributed by atoms with Crippen molar-refractivity contribution in [3.63, 3.8) is 0 Å². The number of hydrogen-bond acceptors (Lipinski definition) is 4. The molecule has 0 atom stereocenters. The van der Waals surface area contributed by atoms with Crippen LogP contribution in [0.15, 0.2) is 18.3 Å². The number of aliphatic hydroxyl groups is 1. The summed E-state index contributed by atoms with van der Waals surface area (Å²) in [7, 11) is 0. The van der Waals surface area contributed by atoms with Gasteiger partial charge in [-0.3, -0.25) is 0 Å². The highest BCUT2D eigenvalue weighted by molar-refractivity contribution is 5.53. The molecule has 1 aromatic rings. The average Bonchev–Trinajstić information content (AvgIpc) is 2.17. The molecule has 0 unspecified atom stereocenters. The Bertz CT molecular complexity index is 326. The highest BCUT2D eigenvalue weighted by Crippen LogP contribution is 2.19. The van der Waals surface area contributed by atoms with Gasteiger partial charge in [-0.1, -0.05) is 0 Å². The molecular weight excluding hydrogens is 202 g/mol. The lowest BCUT2D eigenvalue weighted by molar-refractivity contribution is 0.261. The van der Waals surface area contributed by atoms with Crippen molar-refractivity contribution in [3.8, 4) is 0 Å². The maximum atomic E-state index is 8.95. The summed E-state index contributed by atoms with van der Waals surface area (Å²) in [5.41, 5.74) is 0.906. The standard InChI is InChI=1S/C12H21N3O/c1-4-13-11-9-10(5-7-14-11)15-12(2,3)6-8-16/h5,7,9,16H,4,6,8H2,1-3H3,(H2,13,14,15). The minimum absolute atomic E-state index is 0.112. The van der Waals surface area contributed by atoms with Crippen LogP contribution in [0, 0.1) is 0 Å². The van der Waals surface area contributed by atoms with Crippen LogP contribution >= 0.6 is 0 Å². The van der Waals surface area contributed by atoms with Crippen LogP contribution in [0.25, 0.3) is 0 Å². The van der Waals surface area contributed by atoms with E-state index in [2.05, 4.69) is 29.5 Å². The molecule has 0 aliphatic rings. The third-order valence-corrected chi connectivity index (χ3v) is 2.34. The monoisotopic (exact) mass is 223 g/mol. The van der Waals surface area contributed by atoms with Gasteiger partial charge in [0, 0.05) is 36.6 Å². The molecule has 0 aliphatic heterocycles. The minimum atomic E-state index is -0.112. The quantitative estimate of drug-likeness (QED) is 0.691. The van der Waals surface area contributed by atoms with E-state index in [1.165, 1.54) is 0 Å². The van der Waals surface area contributed by atoms with Crippen molar-refractivity contribution in [2.75, 3.05) is 23.8 Å². The summed E-state index contributed by atoms with van der Waals surface area (Å²) in [6.45, 7) is 7.21. The lowest BCUT2D eigenvalue weighted by Gasteiger charge is -2.26. The van der Waals surface area contributed by atoms with E-state index in [0.29, 0.717) is 6.42 Å². The SMILES string of the molecule is CCNc1cc(NC(C)(C)CCO)ccn1. The highest BCUT2D eigenvalue weighted by atomic mass is 16.3. The second kappa shape index (κ2) is 5.70. The molecule has 4 heteroatoms. The smallest absolute Gasteiger partial charge is 0.127 e. The Morgan fingerprint density at radius 1 is 1.44 bits per heavy atom. The number of nitrogens with zero attached hydrogens (tertiary/aromatic N) is 1. The third kappa shape index (κ3) is 4.06. The fourth-order valence-electron chi connectivity index (χ4n) is 1.52. The van der Waals surface area contributed by atoms with Gasteiger partial charge in [-0.15, -0.1) is 0 Å². The van der Waals surface area contributed by atoms with E-state index in [-0.39, 0.29) is 12.1 Å². The number of aromatic nitrogens is 1. The van der Waals surface area contributed by atoms with Crippen molar-refractivity contribution in [1.82, 2.24) is 4.98 Å². The second-order valence-corrected chi connectivity index (χ2v) is 4.44. The Morgan fingerprint density at radius 2 is 2.19 bits per heavy atom. The largest absolute Gasteiger partial charge is 0.396 e. The van der Waals surface area contributed by atoms with Gasteiger partial charge < -0.3 is 15.7 Å². The molecule has 3 N–H and O–H groups in total. The van der Waals surface area contributed by atoms with Gasteiger partial charge in [0.15, 0.2) is 0 Å². The molecule has 0 saturated heterocycles. The molecule has 0 radical (unpaired) electrons. The van der Waals surface area contributed by atoms with Crippen LogP contribution in [0.1, 0.15) is 27.2 Å². The Balaban J connectivity index is 2.69. The number of rotatable bonds is 6. The predicted molar refractivity (Wildman–Crippen MR) is 67.8 cm³/mol. The molecule has 1 heterocycles. The molecule has 90 valence electrons. The van der Waals surface area contributed by atoms with Gasteiger partial charge in [0.25, 0.3) is 0 Å². The van der Waals surface area contributed by atoms with Crippen LogP contribution in [-0.2, 0) is 0 Å². The number of aliphatic hydroxyl groups excluding tert-OH is 1. The number of nitrogens with one attached hydrogen (secondary N) is 2. The summed E-state index contributed by atoms with van der Waals surface area (Å²) in [4.78, 5) is 4.20. The summed E-state index contributed by atoms with van der Waals surface area (Å²) in [5, 5.41) is 15.5. The zero-order chi connectivity index (χ0) is 12.0. The zero-order valence-corrected chi connectivity index (χ0v) is 10.2. The topological polar surface area (TPSA) is 57.2 Å². The van der Waals surface area contributed by atoms with Gasteiger partial charge in [-0.05, 0) is 33.3 Å². The second-order valence-electron chi connectivity index (χ2n) is 4.44. The Kier molecular flexibility index (Phi) is 4.55. The fraction of sp³-hybridized carbons (Fsp3) is 0.583. The summed E-state index contributed by atoms with van der Waals surface area (Å²) < 4.78 is 0. The summed E-state index contributed by atoms with van der Waals surface area (Å²) in [6, 6.07) is 3.91. The molecule has 16 heavy (non-hydrogen) atoms. The van der Waals surface area contributed by atoms with E-state index in [1.54, 1.807) is 6.20 Å². The molecule has 0 saturated carbocycles. The Hall–Kier alpha value is -1.29. The molecule has 4 nitrogen and oxygen atoms in total. The summed E-state index contributed by atoms with van der Waals surface area (Å²) in [5.74, 6) is 0.868. The molecule has 0 aliphatic carbocycles. The van der Waals surface area contributed by atoms with Crippen molar-refractivity contribution < 1.29 is 5.11 Å². The maximum absolute atomic E-state index is 8.95. The number of hydrogen-bond donors (Lipinski definition) is 3. The van der Waals surface area contributed by atoms with E-state index in [1.807, 2.05) is 19.1 Å². The lowest BCUT2D eigenvalue weighted by Crippen LogP contribution is -2.31. The van der Waals surface area contributed by atoms with Crippen molar-refractivity contribution in [2.24, 2.45) is 0 Å². The molecular formula is C12H21N3O. The average molecular weight is 223 g/mol. The molecule has 1 aromatic heterocycles. The Morgan fingerprint density at radius 3 is 2.81 bits per heavy atom. The minimum Gasteiger partial charge on any atom is -0.396 e.